The van der Waals surface area contributed by atoms with Crippen molar-refractivity contribution in [2.75, 3.05) is 5.73 Å². The normalized spacial score (nSPS) is 10.1. The second kappa shape index (κ2) is 4.37. The number of ether oxygens (including phenoxy) is 1. The Labute approximate surface area is 96.6 Å². The molecule has 0 spiro atoms. The van der Waals surface area contributed by atoms with Gasteiger partial charge in [0.15, 0.2) is 0 Å². The van der Waals surface area contributed by atoms with Crippen LogP contribution >= 0.6 is 11.6 Å². The third-order valence-electron chi connectivity index (χ3n) is 1.87. The molecule has 0 amide bonds. The standard InChI is InChI=1S/C11H8ClFN2O/c12-9-5-8(2-3-10(9)13)16-11-4-1-7(14)6-15-11/h1-6H,14H2. The molecule has 1 aromatic carbocycles. The van der Waals surface area contributed by atoms with Crippen LogP contribution < -0.4 is 10.5 Å². The van der Waals surface area contributed by atoms with Gasteiger partial charge in [-0.15, -0.1) is 0 Å². The molecule has 0 aliphatic heterocycles. The minimum Gasteiger partial charge on any atom is -0.439 e. The van der Waals surface area contributed by atoms with E-state index in [0.717, 1.165) is 0 Å². The van der Waals surface area contributed by atoms with Crippen molar-refractivity contribution in [2.45, 2.75) is 0 Å². The van der Waals surface area contributed by atoms with Gasteiger partial charge in [0, 0.05) is 12.1 Å². The molecular weight excluding hydrogens is 231 g/mol. The first-order valence-electron chi connectivity index (χ1n) is 4.49. The van der Waals surface area contributed by atoms with E-state index in [1.807, 2.05) is 0 Å². The minimum absolute atomic E-state index is 0.00736. The van der Waals surface area contributed by atoms with E-state index in [4.69, 9.17) is 22.1 Å². The fraction of sp³-hybridized carbons (Fsp3) is 0. The van der Waals surface area contributed by atoms with Crippen LogP contribution in [0.5, 0.6) is 11.6 Å². The van der Waals surface area contributed by atoms with E-state index in [1.165, 1.54) is 24.4 Å². The fourth-order valence-electron chi connectivity index (χ4n) is 1.11. The van der Waals surface area contributed by atoms with E-state index in [0.29, 0.717) is 17.3 Å². The van der Waals surface area contributed by atoms with Crippen molar-refractivity contribution in [1.29, 1.82) is 0 Å². The van der Waals surface area contributed by atoms with Gasteiger partial charge in [-0.2, -0.15) is 0 Å². The molecule has 5 heteroatoms. The van der Waals surface area contributed by atoms with Crippen LogP contribution in [0.2, 0.25) is 5.02 Å². The Morgan fingerprint density at radius 1 is 1.25 bits per heavy atom. The molecule has 82 valence electrons. The quantitative estimate of drug-likeness (QED) is 0.874. The highest BCUT2D eigenvalue weighted by atomic mass is 35.5. The number of nitrogen functional groups attached to an aromatic ring is 1. The second-order valence-electron chi connectivity index (χ2n) is 3.11. The van der Waals surface area contributed by atoms with Crippen molar-refractivity contribution in [3.63, 3.8) is 0 Å². The average Bonchev–Trinajstić information content (AvgIpc) is 2.27. The number of nitrogens with two attached hydrogens (primary N) is 1. The number of nitrogens with zero attached hydrogens (tertiary/aromatic N) is 1. The van der Waals surface area contributed by atoms with E-state index < -0.39 is 5.82 Å². The zero-order valence-electron chi connectivity index (χ0n) is 8.15. The van der Waals surface area contributed by atoms with Gasteiger partial charge in [-0.05, 0) is 18.2 Å². The summed E-state index contributed by atoms with van der Waals surface area (Å²) < 4.78 is 18.2. The molecule has 0 saturated heterocycles. The lowest BCUT2D eigenvalue weighted by Crippen LogP contribution is -1.90. The molecular formula is C11H8ClFN2O. The summed E-state index contributed by atoms with van der Waals surface area (Å²) in [6, 6.07) is 7.36. The van der Waals surface area contributed by atoms with Crippen molar-refractivity contribution < 1.29 is 9.13 Å². The molecule has 1 heterocycles. The zero-order valence-corrected chi connectivity index (χ0v) is 8.91. The Hall–Kier alpha value is -1.81. The van der Waals surface area contributed by atoms with Gasteiger partial charge in [0.2, 0.25) is 5.88 Å². The molecule has 0 fully saturated rings. The Balaban J connectivity index is 2.20. The fourth-order valence-corrected chi connectivity index (χ4v) is 1.28. The van der Waals surface area contributed by atoms with Crippen LogP contribution in [0.1, 0.15) is 0 Å². The monoisotopic (exact) mass is 238 g/mol. The molecule has 0 atom stereocenters. The highest BCUT2D eigenvalue weighted by Gasteiger charge is 2.03. The summed E-state index contributed by atoms with van der Waals surface area (Å²) in [6.07, 6.45) is 1.47. The van der Waals surface area contributed by atoms with E-state index in [9.17, 15) is 4.39 Å². The van der Waals surface area contributed by atoms with Gasteiger partial charge in [-0.1, -0.05) is 11.6 Å². The average molecular weight is 239 g/mol. The second-order valence-corrected chi connectivity index (χ2v) is 3.51. The third-order valence-corrected chi connectivity index (χ3v) is 2.16. The van der Waals surface area contributed by atoms with Crippen molar-refractivity contribution in [3.05, 3.63) is 47.4 Å². The number of anilines is 1. The first-order chi connectivity index (χ1) is 7.65. The molecule has 0 bridgehead atoms. The Bertz CT molecular complexity index is 502. The molecule has 2 N–H and O–H groups in total. The maximum absolute atomic E-state index is 12.9. The van der Waals surface area contributed by atoms with Gasteiger partial charge in [-0.3, -0.25) is 0 Å². The van der Waals surface area contributed by atoms with Gasteiger partial charge in [0.05, 0.1) is 16.9 Å². The van der Waals surface area contributed by atoms with Crippen LogP contribution in [0.25, 0.3) is 0 Å². The molecule has 0 saturated carbocycles. The molecule has 16 heavy (non-hydrogen) atoms. The van der Waals surface area contributed by atoms with Gasteiger partial charge in [-0.25, -0.2) is 9.37 Å². The van der Waals surface area contributed by atoms with Crippen LogP contribution in [0.15, 0.2) is 36.5 Å². The number of pyridine rings is 1. The zero-order chi connectivity index (χ0) is 11.5. The lowest BCUT2D eigenvalue weighted by atomic mass is 10.3. The summed E-state index contributed by atoms with van der Waals surface area (Å²) in [4.78, 5) is 3.94. The van der Waals surface area contributed by atoms with E-state index >= 15 is 0 Å². The first-order valence-corrected chi connectivity index (χ1v) is 4.87. The maximum atomic E-state index is 12.9. The van der Waals surface area contributed by atoms with Crippen LogP contribution in [-0.4, -0.2) is 4.98 Å². The van der Waals surface area contributed by atoms with Gasteiger partial charge >= 0.3 is 0 Å². The lowest BCUT2D eigenvalue weighted by Gasteiger charge is -2.05. The highest BCUT2D eigenvalue weighted by molar-refractivity contribution is 6.30. The van der Waals surface area contributed by atoms with Crippen molar-refractivity contribution in [1.82, 2.24) is 4.98 Å². The van der Waals surface area contributed by atoms with Gasteiger partial charge in [0.1, 0.15) is 11.6 Å². The summed E-state index contributed by atoms with van der Waals surface area (Å²) in [5.41, 5.74) is 6.02. The third kappa shape index (κ3) is 2.41. The number of benzene rings is 1. The van der Waals surface area contributed by atoms with Gasteiger partial charge in [0.25, 0.3) is 0 Å². The van der Waals surface area contributed by atoms with E-state index in [2.05, 4.69) is 4.98 Å². The van der Waals surface area contributed by atoms with Crippen LogP contribution in [0.4, 0.5) is 10.1 Å². The molecule has 2 aromatic rings. The molecule has 0 unspecified atom stereocenters. The molecule has 0 aliphatic carbocycles. The summed E-state index contributed by atoms with van der Waals surface area (Å²) >= 11 is 5.61. The van der Waals surface area contributed by atoms with E-state index in [1.54, 1.807) is 12.1 Å². The Kier molecular flexibility index (Phi) is 2.92. The molecule has 3 nitrogen and oxygen atoms in total. The topological polar surface area (TPSA) is 48.1 Å². The SMILES string of the molecule is Nc1ccc(Oc2ccc(F)c(Cl)c2)nc1. The smallest absolute Gasteiger partial charge is 0.219 e. The number of halogens is 2. The minimum atomic E-state index is -0.487. The van der Waals surface area contributed by atoms with Crippen LogP contribution in [0.3, 0.4) is 0 Å². The number of rotatable bonds is 2. The molecule has 0 radical (unpaired) electrons. The number of hydrogen-bond acceptors (Lipinski definition) is 3. The summed E-state index contributed by atoms with van der Waals surface area (Å²) in [5, 5.41) is 0.00736. The molecule has 0 aliphatic rings. The predicted molar refractivity (Wildman–Crippen MR) is 60.1 cm³/mol. The number of aromatic nitrogens is 1. The Morgan fingerprint density at radius 3 is 2.69 bits per heavy atom. The summed E-state index contributed by atoms with van der Waals surface area (Å²) in [6.45, 7) is 0. The summed E-state index contributed by atoms with van der Waals surface area (Å²) in [7, 11) is 0. The van der Waals surface area contributed by atoms with Crippen LogP contribution in [0, 0.1) is 5.82 Å². The predicted octanol–water partition coefficient (Wildman–Crippen LogP) is 3.25. The van der Waals surface area contributed by atoms with Crippen LogP contribution in [-0.2, 0) is 0 Å². The van der Waals surface area contributed by atoms with E-state index in [-0.39, 0.29) is 5.02 Å². The van der Waals surface area contributed by atoms with Gasteiger partial charge < -0.3 is 10.5 Å². The summed E-state index contributed by atoms with van der Waals surface area (Å²) in [5.74, 6) is 0.305. The first kappa shape index (κ1) is 10.7. The maximum Gasteiger partial charge on any atom is 0.219 e. The number of hydrogen-bond donors (Lipinski definition) is 1. The highest BCUT2D eigenvalue weighted by Crippen LogP contribution is 2.25. The van der Waals surface area contributed by atoms with Crippen molar-refractivity contribution in [2.24, 2.45) is 0 Å². The molecule has 1 aromatic heterocycles. The Morgan fingerprint density at radius 2 is 2.06 bits per heavy atom. The largest absolute Gasteiger partial charge is 0.439 e. The van der Waals surface area contributed by atoms with Crippen molar-refractivity contribution in [3.8, 4) is 11.6 Å². The lowest BCUT2D eigenvalue weighted by molar-refractivity contribution is 0.461. The van der Waals surface area contributed by atoms with Crippen molar-refractivity contribution >= 4 is 17.3 Å². The molecule has 2 rings (SSSR count).